The van der Waals surface area contributed by atoms with Crippen LogP contribution in [0.1, 0.15) is 26.2 Å². The van der Waals surface area contributed by atoms with Gasteiger partial charge in [-0.1, -0.05) is 6.92 Å². The zero-order chi connectivity index (χ0) is 10.4. The van der Waals surface area contributed by atoms with Gasteiger partial charge in [-0.15, -0.1) is 0 Å². The first-order valence-corrected chi connectivity index (χ1v) is 5.40. The Morgan fingerprint density at radius 1 is 1.64 bits per heavy atom. The largest absolute Gasteiger partial charge is 0.394 e. The van der Waals surface area contributed by atoms with Gasteiger partial charge in [0.25, 0.3) is 0 Å². The second kappa shape index (κ2) is 5.98. The molecule has 14 heavy (non-hydrogen) atoms. The van der Waals surface area contributed by atoms with Crippen LogP contribution in [0.5, 0.6) is 0 Å². The van der Waals surface area contributed by atoms with Gasteiger partial charge in [-0.25, -0.2) is 0 Å². The van der Waals surface area contributed by atoms with Gasteiger partial charge in [0.05, 0.1) is 12.6 Å². The maximum absolute atomic E-state index is 11.7. The molecule has 0 aromatic rings. The van der Waals surface area contributed by atoms with Gasteiger partial charge in [-0.2, -0.15) is 0 Å². The molecule has 0 aromatic heterocycles. The molecule has 4 nitrogen and oxygen atoms in total. The van der Waals surface area contributed by atoms with Gasteiger partial charge in [-0.3, -0.25) is 4.79 Å². The number of hydrogen-bond donors (Lipinski definition) is 2. The number of carbonyl (C=O) groups excluding carboxylic acids is 1. The highest BCUT2D eigenvalue weighted by atomic mass is 16.3. The number of carbonyl (C=O) groups is 1. The van der Waals surface area contributed by atoms with E-state index in [1.165, 1.54) is 0 Å². The van der Waals surface area contributed by atoms with Crippen molar-refractivity contribution in [3.05, 3.63) is 0 Å². The zero-order valence-electron chi connectivity index (χ0n) is 8.83. The fourth-order valence-electron chi connectivity index (χ4n) is 1.87. The predicted octanol–water partition coefficient (Wildman–Crippen LogP) is -0.0307. The summed E-state index contributed by atoms with van der Waals surface area (Å²) in [5.41, 5.74) is 0. The van der Waals surface area contributed by atoms with E-state index in [9.17, 15) is 4.79 Å². The predicted molar refractivity (Wildman–Crippen MR) is 55.0 cm³/mol. The lowest BCUT2D eigenvalue weighted by Crippen LogP contribution is -2.38. The van der Waals surface area contributed by atoms with Crippen molar-refractivity contribution in [2.75, 3.05) is 26.2 Å². The van der Waals surface area contributed by atoms with Gasteiger partial charge in [0, 0.05) is 19.5 Å². The minimum absolute atomic E-state index is 0.0733. The first kappa shape index (κ1) is 11.5. The molecule has 0 bridgehead atoms. The van der Waals surface area contributed by atoms with E-state index >= 15 is 0 Å². The molecular weight excluding hydrogens is 180 g/mol. The highest BCUT2D eigenvalue weighted by Gasteiger charge is 2.27. The quantitative estimate of drug-likeness (QED) is 0.613. The molecule has 2 N–H and O–H groups in total. The van der Waals surface area contributed by atoms with Gasteiger partial charge in [-0.05, 0) is 19.4 Å². The minimum atomic E-state index is 0.0733. The number of amides is 1. The first-order valence-electron chi connectivity index (χ1n) is 5.40. The summed E-state index contributed by atoms with van der Waals surface area (Å²) in [6, 6.07) is 0.0733. The van der Waals surface area contributed by atoms with Crippen molar-refractivity contribution in [3.8, 4) is 0 Å². The Bertz CT molecular complexity index is 185. The van der Waals surface area contributed by atoms with E-state index in [1.54, 1.807) is 0 Å². The van der Waals surface area contributed by atoms with Crippen LogP contribution in [-0.2, 0) is 4.79 Å². The Hall–Kier alpha value is -0.610. The Labute approximate surface area is 85.3 Å². The van der Waals surface area contributed by atoms with Crippen LogP contribution in [-0.4, -0.2) is 48.2 Å². The molecule has 4 heteroatoms. The van der Waals surface area contributed by atoms with Crippen LogP contribution >= 0.6 is 0 Å². The number of aliphatic hydroxyl groups excluding tert-OH is 1. The van der Waals surface area contributed by atoms with Crippen LogP contribution in [0.4, 0.5) is 0 Å². The molecule has 0 spiro atoms. The van der Waals surface area contributed by atoms with E-state index in [0.717, 1.165) is 32.5 Å². The zero-order valence-corrected chi connectivity index (χ0v) is 8.83. The van der Waals surface area contributed by atoms with Gasteiger partial charge in [0.15, 0.2) is 0 Å². The average molecular weight is 200 g/mol. The summed E-state index contributed by atoms with van der Waals surface area (Å²) < 4.78 is 0. The Morgan fingerprint density at radius 2 is 2.43 bits per heavy atom. The van der Waals surface area contributed by atoms with Crippen molar-refractivity contribution in [2.45, 2.75) is 32.2 Å². The molecule has 1 saturated heterocycles. The monoisotopic (exact) mass is 200 g/mol. The number of hydrogen-bond acceptors (Lipinski definition) is 3. The molecule has 1 atom stereocenters. The number of nitrogens with zero attached hydrogens (tertiary/aromatic N) is 1. The molecule has 0 aromatic carbocycles. The molecule has 1 aliphatic heterocycles. The van der Waals surface area contributed by atoms with Crippen molar-refractivity contribution in [1.29, 1.82) is 0 Å². The van der Waals surface area contributed by atoms with E-state index < -0.39 is 0 Å². The topological polar surface area (TPSA) is 52.6 Å². The summed E-state index contributed by atoms with van der Waals surface area (Å²) in [6.45, 7) is 4.58. The van der Waals surface area contributed by atoms with Gasteiger partial charge in [0.2, 0.25) is 5.91 Å². The summed E-state index contributed by atoms with van der Waals surface area (Å²) in [6.07, 6.45) is 2.52. The van der Waals surface area contributed by atoms with Crippen LogP contribution in [0.15, 0.2) is 0 Å². The molecule has 0 unspecified atom stereocenters. The summed E-state index contributed by atoms with van der Waals surface area (Å²) >= 11 is 0. The molecule has 1 fully saturated rings. The smallest absolute Gasteiger partial charge is 0.224 e. The number of nitrogens with one attached hydrogen (secondary N) is 1. The first-order chi connectivity index (χ1) is 6.79. The molecule has 0 saturated carbocycles. The highest BCUT2D eigenvalue weighted by molar-refractivity contribution is 5.77. The van der Waals surface area contributed by atoms with Crippen molar-refractivity contribution < 1.29 is 9.90 Å². The second-order valence-corrected chi connectivity index (χ2v) is 3.67. The third-order valence-corrected chi connectivity index (χ3v) is 2.67. The van der Waals surface area contributed by atoms with E-state index in [2.05, 4.69) is 5.32 Å². The fraction of sp³-hybridized carbons (Fsp3) is 0.900. The molecule has 1 amide bonds. The van der Waals surface area contributed by atoms with E-state index in [1.807, 2.05) is 11.8 Å². The third-order valence-electron chi connectivity index (χ3n) is 2.67. The molecule has 1 rings (SSSR count). The third kappa shape index (κ3) is 2.96. The van der Waals surface area contributed by atoms with Crippen LogP contribution in [0.25, 0.3) is 0 Å². The van der Waals surface area contributed by atoms with Crippen LogP contribution in [0, 0.1) is 0 Å². The lowest BCUT2D eigenvalue weighted by Gasteiger charge is -2.22. The Morgan fingerprint density at radius 3 is 3.07 bits per heavy atom. The molecule has 1 heterocycles. The fourth-order valence-corrected chi connectivity index (χ4v) is 1.87. The van der Waals surface area contributed by atoms with E-state index in [4.69, 9.17) is 5.11 Å². The van der Waals surface area contributed by atoms with Crippen LogP contribution in [0.2, 0.25) is 0 Å². The highest BCUT2D eigenvalue weighted by Crippen LogP contribution is 2.17. The average Bonchev–Trinajstić information content (AvgIpc) is 2.65. The van der Waals surface area contributed by atoms with Crippen LogP contribution < -0.4 is 5.32 Å². The van der Waals surface area contributed by atoms with Crippen molar-refractivity contribution in [1.82, 2.24) is 10.2 Å². The van der Waals surface area contributed by atoms with Crippen molar-refractivity contribution >= 4 is 5.91 Å². The summed E-state index contributed by atoms with van der Waals surface area (Å²) in [5, 5.41) is 12.2. The van der Waals surface area contributed by atoms with Crippen LogP contribution in [0.3, 0.4) is 0 Å². The van der Waals surface area contributed by atoms with Crippen molar-refractivity contribution in [3.63, 3.8) is 0 Å². The molecule has 0 aliphatic carbocycles. The van der Waals surface area contributed by atoms with Gasteiger partial charge < -0.3 is 15.3 Å². The maximum atomic E-state index is 11.7. The number of rotatable bonds is 5. The molecule has 1 aliphatic rings. The van der Waals surface area contributed by atoms with Crippen molar-refractivity contribution in [2.24, 2.45) is 0 Å². The lowest BCUT2D eigenvalue weighted by molar-refractivity contribution is -0.132. The lowest BCUT2D eigenvalue weighted by atomic mass is 10.2. The van der Waals surface area contributed by atoms with Gasteiger partial charge >= 0.3 is 0 Å². The number of aliphatic hydroxyl groups is 1. The van der Waals surface area contributed by atoms with E-state index in [-0.39, 0.29) is 18.6 Å². The molecular formula is C10H20N2O2. The second-order valence-electron chi connectivity index (χ2n) is 3.67. The SMILES string of the molecule is CCNCCC(=O)N1CCC[C@@H]1CO. The van der Waals surface area contributed by atoms with E-state index in [0.29, 0.717) is 6.42 Å². The maximum Gasteiger partial charge on any atom is 0.224 e. The Kier molecular flexibility index (Phi) is 4.90. The summed E-state index contributed by atoms with van der Waals surface area (Å²) in [7, 11) is 0. The molecule has 82 valence electrons. The minimum Gasteiger partial charge on any atom is -0.394 e. The normalized spacial score (nSPS) is 21.6. The summed E-state index contributed by atoms with van der Waals surface area (Å²) in [5.74, 6) is 0.169. The Balaban J connectivity index is 2.28. The standard InChI is InChI=1S/C10H20N2O2/c1-2-11-6-5-10(14)12-7-3-4-9(12)8-13/h9,11,13H,2-8H2,1H3/t9-/m1/s1. The molecule has 0 radical (unpaired) electrons. The summed E-state index contributed by atoms with van der Waals surface area (Å²) in [4.78, 5) is 13.5. The number of likely N-dealkylation sites (tertiary alicyclic amines) is 1. The van der Waals surface area contributed by atoms with Gasteiger partial charge in [0.1, 0.15) is 0 Å².